The van der Waals surface area contributed by atoms with Crippen molar-refractivity contribution in [3.05, 3.63) is 35.9 Å². The average Bonchev–Trinajstić information content (AvgIpc) is 3.52. The van der Waals surface area contributed by atoms with Crippen molar-refractivity contribution >= 4 is 12.2 Å². The molecule has 3 fully saturated rings. The molecule has 0 spiro atoms. The number of fused-ring (bicyclic) bond motifs is 2. The molecule has 0 aromatic heterocycles. The summed E-state index contributed by atoms with van der Waals surface area (Å²) >= 11 is 0. The number of hydrogen-bond acceptors (Lipinski definition) is 5. The van der Waals surface area contributed by atoms with Gasteiger partial charge in [-0.3, -0.25) is 0 Å². The second-order valence-corrected chi connectivity index (χ2v) is 12.8. The molecule has 2 N–H and O–H groups in total. The highest BCUT2D eigenvalue weighted by Crippen LogP contribution is 2.44. The molecular formula is C31H49N3O4. The van der Waals surface area contributed by atoms with Crippen molar-refractivity contribution < 1.29 is 19.1 Å². The van der Waals surface area contributed by atoms with Gasteiger partial charge in [-0.05, 0) is 108 Å². The van der Waals surface area contributed by atoms with Crippen LogP contribution in [0.4, 0.5) is 9.59 Å². The predicted molar refractivity (Wildman–Crippen MR) is 150 cm³/mol. The van der Waals surface area contributed by atoms with Gasteiger partial charge in [0.1, 0.15) is 12.2 Å². The molecule has 1 unspecified atom stereocenters. The van der Waals surface area contributed by atoms with E-state index in [4.69, 9.17) is 9.47 Å². The van der Waals surface area contributed by atoms with Gasteiger partial charge in [0.25, 0.3) is 0 Å². The molecule has 4 rings (SSSR count). The normalized spacial score (nSPS) is 26.7. The Kier molecular flexibility index (Phi) is 10.3. The van der Waals surface area contributed by atoms with E-state index in [1.165, 1.54) is 25.7 Å². The molecule has 1 aromatic carbocycles. The monoisotopic (exact) mass is 527 g/mol. The Morgan fingerprint density at radius 3 is 2.37 bits per heavy atom. The highest BCUT2D eigenvalue weighted by Gasteiger charge is 2.39. The zero-order chi connectivity index (χ0) is 27.0. The first-order valence-corrected chi connectivity index (χ1v) is 14.9. The maximum atomic E-state index is 13.0. The summed E-state index contributed by atoms with van der Waals surface area (Å²) in [6.45, 7) is 9.18. The van der Waals surface area contributed by atoms with Gasteiger partial charge in [0.2, 0.25) is 0 Å². The number of nitrogens with one attached hydrogen (secondary N) is 2. The predicted octanol–water partition coefficient (Wildman–Crippen LogP) is 6.12. The minimum atomic E-state index is -0.491. The van der Waals surface area contributed by atoms with E-state index in [2.05, 4.69) is 10.6 Å². The first kappa shape index (κ1) is 28.7. The molecule has 38 heavy (non-hydrogen) atoms. The third-order valence-corrected chi connectivity index (χ3v) is 8.59. The Balaban J connectivity index is 1.15. The van der Waals surface area contributed by atoms with E-state index < -0.39 is 5.60 Å². The van der Waals surface area contributed by atoms with Crippen LogP contribution < -0.4 is 10.6 Å². The second-order valence-electron chi connectivity index (χ2n) is 12.8. The van der Waals surface area contributed by atoms with E-state index in [1.807, 2.05) is 56.0 Å². The van der Waals surface area contributed by atoms with Crippen LogP contribution in [0.1, 0.15) is 84.1 Å². The smallest absolute Gasteiger partial charge is 0.410 e. The molecule has 212 valence electrons. The van der Waals surface area contributed by atoms with E-state index in [9.17, 15) is 9.59 Å². The van der Waals surface area contributed by atoms with Crippen molar-refractivity contribution in [2.24, 2.45) is 23.7 Å². The number of alkyl carbamates (subject to hydrolysis) is 1. The summed E-state index contributed by atoms with van der Waals surface area (Å²) in [5.41, 5.74) is 0.494. The summed E-state index contributed by atoms with van der Waals surface area (Å²) in [7, 11) is 0. The third-order valence-electron chi connectivity index (χ3n) is 8.59. The zero-order valence-electron chi connectivity index (χ0n) is 23.8. The number of ether oxygens (including phenoxy) is 2. The van der Waals surface area contributed by atoms with Crippen LogP contribution >= 0.6 is 0 Å². The number of benzene rings is 1. The van der Waals surface area contributed by atoms with Crippen LogP contribution in [0.2, 0.25) is 0 Å². The largest absolute Gasteiger partial charge is 0.445 e. The average molecular weight is 528 g/mol. The molecule has 3 aliphatic carbocycles. The van der Waals surface area contributed by atoms with Crippen LogP contribution in [0, 0.1) is 23.7 Å². The summed E-state index contributed by atoms with van der Waals surface area (Å²) in [6.07, 6.45) is 10.2. The van der Waals surface area contributed by atoms with Crippen molar-refractivity contribution in [1.82, 2.24) is 15.5 Å². The van der Waals surface area contributed by atoms with Gasteiger partial charge in [-0.15, -0.1) is 0 Å². The molecular weight excluding hydrogens is 478 g/mol. The summed E-state index contributed by atoms with van der Waals surface area (Å²) in [4.78, 5) is 27.1. The third kappa shape index (κ3) is 9.18. The molecule has 0 saturated heterocycles. The molecule has 0 aliphatic heterocycles. The lowest BCUT2D eigenvalue weighted by Crippen LogP contribution is -2.42. The number of rotatable bonds is 11. The molecule has 2 amide bonds. The Morgan fingerprint density at radius 2 is 1.71 bits per heavy atom. The molecule has 2 bridgehead atoms. The summed E-state index contributed by atoms with van der Waals surface area (Å²) in [5, 5.41) is 6.72. The first-order chi connectivity index (χ1) is 18.2. The fourth-order valence-electron chi connectivity index (χ4n) is 6.57. The molecule has 3 saturated carbocycles. The number of hydrogen-bond donors (Lipinski definition) is 2. The Hall–Kier alpha value is -2.28. The quantitative estimate of drug-likeness (QED) is 0.339. The van der Waals surface area contributed by atoms with E-state index in [0.29, 0.717) is 24.4 Å². The van der Waals surface area contributed by atoms with Crippen molar-refractivity contribution in [2.45, 2.75) is 96.8 Å². The maximum absolute atomic E-state index is 13.0. The van der Waals surface area contributed by atoms with E-state index >= 15 is 0 Å². The lowest BCUT2D eigenvalue weighted by Gasteiger charge is -2.34. The molecule has 0 heterocycles. The van der Waals surface area contributed by atoms with Crippen LogP contribution in [0.5, 0.6) is 0 Å². The SMILES string of the molecule is CC(C)(C)OC(=O)N(CCCNC1C[C@@H]2CC[C@H]1C2)CC1CCC(CNC(=O)OCc2ccccc2)CC1. The van der Waals surface area contributed by atoms with Gasteiger partial charge in [-0.25, -0.2) is 9.59 Å². The minimum absolute atomic E-state index is 0.192. The van der Waals surface area contributed by atoms with Crippen molar-refractivity contribution in [1.29, 1.82) is 0 Å². The Morgan fingerprint density at radius 1 is 0.974 bits per heavy atom. The number of carbonyl (C=O) groups is 2. The Bertz CT molecular complexity index is 879. The minimum Gasteiger partial charge on any atom is -0.445 e. The molecule has 1 aromatic rings. The van der Waals surface area contributed by atoms with Gasteiger partial charge < -0.3 is 25.0 Å². The summed E-state index contributed by atoms with van der Waals surface area (Å²) < 4.78 is 11.1. The van der Waals surface area contributed by atoms with Gasteiger partial charge in [0, 0.05) is 25.7 Å². The topological polar surface area (TPSA) is 79.9 Å². The summed E-state index contributed by atoms with van der Waals surface area (Å²) in [6, 6.07) is 10.4. The van der Waals surface area contributed by atoms with E-state index in [0.717, 1.165) is 69.1 Å². The molecule has 7 nitrogen and oxygen atoms in total. The van der Waals surface area contributed by atoms with Crippen LogP contribution in [-0.4, -0.2) is 54.9 Å². The van der Waals surface area contributed by atoms with Crippen LogP contribution in [0.3, 0.4) is 0 Å². The molecule has 3 atom stereocenters. The van der Waals surface area contributed by atoms with Crippen LogP contribution in [0.15, 0.2) is 30.3 Å². The lowest BCUT2D eigenvalue weighted by molar-refractivity contribution is 0.0199. The number of nitrogens with zero attached hydrogens (tertiary/aromatic N) is 1. The van der Waals surface area contributed by atoms with Crippen molar-refractivity contribution in [3.63, 3.8) is 0 Å². The Labute approximate surface area is 229 Å². The van der Waals surface area contributed by atoms with Gasteiger partial charge in [0.15, 0.2) is 0 Å². The van der Waals surface area contributed by atoms with E-state index in [-0.39, 0.29) is 18.8 Å². The van der Waals surface area contributed by atoms with E-state index in [1.54, 1.807) is 0 Å². The highest BCUT2D eigenvalue weighted by molar-refractivity contribution is 5.68. The lowest BCUT2D eigenvalue weighted by atomic mass is 9.81. The molecule has 7 heteroatoms. The van der Waals surface area contributed by atoms with Gasteiger partial charge >= 0.3 is 12.2 Å². The zero-order valence-corrected chi connectivity index (χ0v) is 23.8. The van der Waals surface area contributed by atoms with Crippen molar-refractivity contribution in [3.8, 4) is 0 Å². The maximum Gasteiger partial charge on any atom is 0.410 e. The first-order valence-electron chi connectivity index (χ1n) is 14.9. The molecule has 3 aliphatic rings. The standard InChI is InChI=1S/C31H49N3O4/c1-31(2,3)38-30(36)34(17-7-16-32-28-19-26-14-15-27(28)18-26)21-24-12-10-23(11-13-24)20-33-29(35)37-22-25-8-5-4-6-9-25/h4-6,8-9,23-24,26-28,32H,7,10-22H2,1-3H3,(H,33,35)/t23?,24?,26-,27+,28?/m1/s1. The van der Waals surface area contributed by atoms with Gasteiger partial charge in [-0.1, -0.05) is 36.8 Å². The van der Waals surface area contributed by atoms with Crippen molar-refractivity contribution in [2.75, 3.05) is 26.2 Å². The number of amides is 2. The molecule has 0 radical (unpaired) electrons. The fraction of sp³-hybridized carbons (Fsp3) is 0.742. The second kappa shape index (κ2) is 13.7. The van der Waals surface area contributed by atoms with Gasteiger partial charge in [-0.2, -0.15) is 0 Å². The van der Waals surface area contributed by atoms with Gasteiger partial charge in [0.05, 0.1) is 0 Å². The highest BCUT2D eigenvalue weighted by atomic mass is 16.6. The van der Waals surface area contributed by atoms with Crippen LogP contribution in [0.25, 0.3) is 0 Å². The number of carbonyl (C=O) groups excluding carboxylic acids is 2. The van der Waals surface area contributed by atoms with Crippen LogP contribution in [-0.2, 0) is 16.1 Å². The fourth-order valence-corrected chi connectivity index (χ4v) is 6.57. The summed E-state index contributed by atoms with van der Waals surface area (Å²) in [5.74, 6) is 2.75.